The molecule has 0 aromatic carbocycles. The van der Waals surface area contributed by atoms with Crippen molar-refractivity contribution < 1.29 is 14.6 Å². The van der Waals surface area contributed by atoms with Crippen molar-refractivity contribution in [3.8, 4) is 0 Å². The van der Waals surface area contributed by atoms with E-state index in [9.17, 15) is 4.79 Å². The van der Waals surface area contributed by atoms with Gasteiger partial charge in [-0.2, -0.15) is 0 Å². The number of hydrogen-bond donors (Lipinski definition) is 1. The predicted molar refractivity (Wildman–Crippen MR) is 50.5 cm³/mol. The second-order valence-electron chi connectivity index (χ2n) is 4.25. The Morgan fingerprint density at radius 2 is 2.00 bits per heavy atom. The first-order valence-corrected chi connectivity index (χ1v) is 4.35. The molecule has 0 fully saturated rings. The van der Waals surface area contributed by atoms with Crippen molar-refractivity contribution in [2.45, 2.75) is 20.8 Å². The third kappa shape index (κ3) is 6.40. The molecule has 1 amide bonds. The lowest BCUT2D eigenvalue weighted by atomic mass is 9.96. The standard InChI is InChI=1S/C9H19NO3/c1-9(2,3)7-10(4)8(12)13-6-5-11/h11H,5-7H2,1-4H3. The largest absolute Gasteiger partial charge is 0.447 e. The smallest absolute Gasteiger partial charge is 0.409 e. The van der Waals surface area contributed by atoms with Crippen LogP contribution in [0.25, 0.3) is 0 Å². The van der Waals surface area contributed by atoms with Gasteiger partial charge in [0, 0.05) is 13.6 Å². The molecule has 0 spiro atoms. The van der Waals surface area contributed by atoms with Crippen LogP contribution in [0.5, 0.6) is 0 Å². The highest BCUT2D eigenvalue weighted by Gasteiger charge is 2.18. The molecule has 78 valence electrons. The van der Waals surface area contributed by atoms with Gasteiger partial charge in [0.05, 0.1) is 6.61 Å². The van der Waals surface area contributed by atoms with Crippen molar-refractivity contribution in [3.05, 3.63) is 0 Å². The van der Waals surface area contributed by atoms with Crippen molar-refractivity contribution in [2.75, 3.05) is 26.8 Å². The number of ether oxygens (including phenoxy) is 1. The molecule has 4 nitrogen and oxygen atoms in total. The quantitative estimate of drug-likeness (QED) is 0.723. The fraction of sp³-hybridized carbons (Fsp3) is 0.889. The molecule has 0 aromatic heterocycles. The molecule has 0 saturated carbocycles. The molecule has 0 aliphatic rings. The Kier molecular flexibility index (Phi) is 4.77. The first-order chi connectivity index (χ1) is 5.87. The van der Waals surface area contributed by atoms with E-state index in [1.165, 1.54) is 4.90 Å². The molecule has 0 radical (unpaired) electrons. The zero-order valence-corrected chi connectivity index (χ0v) is 8.83. The summed E-state index contributed by atoms with van der Waals surface area (Å²) >= 11 is 0. The van der Waals surface area contributed by atoms with E-state index in [1.807, 2.05) is 20.8 Å². The summed E-state index contributed by atoms with van der Waals surface area (Å²) in [5, 5.41) is 8.43. The lowest BCUT2D eigenvalue weighted by Crippen LogP contribution is -2.35. The zero-order valence-electron chi connectivity index (χ0n) is 8.83. The number of carbonyl (C=O) groups excluding carboxylic acids is 1. The van der Waals surface area contributed by atoms with Gasteiger partial charge in [-0.15, -0.1) is 0 Å². The summed E-state index contributed by atoms with van der Waals surface area (Å²) in [6.45, 7) is 6.70. The summed E-state index contributed by atoms with van der Waals surface area (Å²) in [7, 11) is 1.69. The number of carbonyl (C=O) groups is 1. The van der Waals surface area contributed by atoms with E-state index in [0.29, 0.717) is 6.54 Å². The van der Waals surface area contributed by atoms with Crippen LogP contribution in [0.1, 0.15) is 20.8 Å². The highest BCUT2D eigenvalue weighted by atomic mass is 16.6. The number of rotatable bonds is 3. The molecule has 0 bridgehead atoms. The number of amides is 1. The summed E-state index contributed by atoms with van der Waals surface area (Å²) in [5.41, 5.74) is 0.0625. The highest BCUT2D eigenvalue weighted by molar-refractivity contribution is 5.67. The fourth-order valence-corrected chi connectivity index (χ4v) is 1.02. The van der Waals surface area contributed by atoms with Crippen LogP contribution in [0.4, 0.5) is 4.79 Å². The second kappa shape index (κ2) is 5.07. The topological polar surface area (TPSA) is 49.8 Å². The van der Waals surface area contributed by atoms with Gasteiger partial charge in [-0.05, 0) is 5.41 Å². The number of aliphatic hydroxyl groups is 1. The summed E-state index contributed by atoms with van der Waals surface area (Å²) < 4.78 is 4.74. The minimum Gasteiger partial charge on any atom is -0.447 e. The summed E-state index contributed by atoms with van der Waals surface area (Å²) in [5.74, 6) is 0. The average molecular weight is 189 g/mol. The minimum atomic E-state index is -0.385. The van der Waals surface area contributed by atoms with Gasteiger partial charge >= 0.3 is 6.09 Å². The maximum absolute atomic E-state index is 11.2. The van der Waals surface area contributed by atoms with E-state index in [4.69, 9.17) is 9.84 Å². The first-order valence-electron chi connectivity index (χ1n) is 4.35. The van der Waals surface area contributed by atoms with Crippen LogP contribution >= 0.6 is 0 Å². The molecular weight excluding hydrogens is 170 g/mol. The van der Waals surface area contributed by atoms with E-state index < -0.39 is 0 Å². The van der Waals surface area contributed by atoms with Crippen LogP contribution in [0.2, 0.25) is 0 Å². The van der Waals surface area contributed by atoms with Crippen molar-refractivity contribution in [3.63, 3.8) is 0 Å². The van der Waals surface area contributed by atoms with Crippen molar-refractivity contribution >= 4 is 6.09 Å². The second-order valence-corrected chi connectivity index (χ2v) is 4.25. The monoisotopic (exact) mass is 189 g/mol. The van der Waals surface area contributed by atoms with Gasteiger partial charge in [0.25, 0.3) is 0 Å². The van der Waals surface area contributed by atoms with Crippen LogP contribution < -0.4 is 0 Å². The molecule has 0 aliphatic carbocycles. The lowest BCUT2D eigenvalue weighted by Gasteiger charge is -2.25. The fourth-order valence-electron chi connectivity index (χ4n) is 1.02. The maximum atomic E-state index is 11.2. The van der Waals surface area contributed by atoms with Crippen LogP contribution in [0, 0.1) is 5.41 Å². The van der Waals surface area contributed by atoms with Crippen LogP contribution in [0.3, 0.4) is 0 Å². The molecule has 0 unspecified atom stereocenters. The van der Waals surface area contributed by atoms with Crippen LogP contribution in [0.15, 0.2) is 0 Å². The Morgan fingerprint density at radius 1 is 1.46 bits per heavy atom. The van der Waals surface area contributed by atoms with E-state index in [-0.39, 0.29) is 24.7 Å². The molecular formula is C9H19NO3. The third-order valence-electron chi connectivity index (χ3n) is 1.34. The van der Waals surface area contributed by atoms with Gasteiger partial charge in [0.1, 0.15) is 6.61 Å². The lowest BCUT2D eigenvalue weighted by molar-refractivity contribution is 0.0823. The predicted octanol–water partition coefficient (Wildman–Crippen LogP) is 1.09. The number of nitrogens with zero attached hydrogens (tertiary/aromatic N) is 1. The Hall–Kier alpha value is -0.770. The molecule has 0 saturated heterocycles. The molecule has 0 rings (SSSR count). The molecule has 4 heteroatoms. The molecule has 1 N–H and O–H groups in total. The average Bonchev–Trinajstić information content (AvgIpc) is 1.96. The third-order valence-corrected chi connectivity index (χ3v) is 1.34. The van der Waals surface area contributed by atoms with Gasteiger partial charge in [0.2, 0.25) is 0 Å². The Bertz CT molecular complexity index is 163. The van der Waals surface area contributed by atoms with Crippen LogP contribution in [-0.2, 0) is 4.74 Å². The van der Waals surface area contributed by atoms with Crippen molar-refractivity contribution in [1.29, 1.82) is 0 Å². The van der Waals surface area contributed by atoms with Crippen molar-refractivity contribution in [1.82, 2.24) is 4.90 Å². The van der Waals surface area contributed by atoms with E-state index in [1.54, 1.807) is 7.05 Å². The van der Waals surface area contributed by atoms with E-state index in [2.05, 4.69) is 0 Å². The van der Waals surface area contributed by atoms with E-state index in [0.717, 1.165) is 0 Å². The Labute approximate surface area is 79.5 Å². The van der Waals surface area contributed by atoms with E-state index >= 15 is 0 Å². The maximum Gasteiger partial charge on any atom is 0.409 e. The Balaban J connectivity index is 3.83. The molecule has 0 atom stereocenters. The summed E-state index contributed by atoms with van der Waals surface area (Å²) in [4.78, 5) is 12.7. The normalized spacial score (nSPS) is 11.2. The van der Waals surface area contributed by atoms with Gasteiger partial charge in [-0.1, -0.05) is 20.8 Å². The number of hydrogen-bond acceptors (Lipinski definition) is 3. The summed E-state index contributed by atoms with van der Waals surface area (Å²) in [6, 6.07) is 0. The molecule has 13 heavy (non-hydrogen) atoms. The Morgan fingerprint density at radius 3 is 2.38 bits per heavy atom. The highest BCUT2D eigenvalue weighted by Crippen LogP contribution is 2.14. The molecule has 0 heterocycles. The summed E-state index contributed by atoms with van der Waals surface area (Å²) in [6.07, 6.45) is -0.385. The zero-order chi connectivity index (χ0) is 10.5. The number of aliphatic hydroxyl groups excluding tert-OH is 1. The van der Waals surface area contributed by atoms with Gasteiger partial charge in [-0.3, -0.25) is 0 Å². The van der Waals surface area contributed by atoms with Crippen molar-refractivity contribution in [2.24, 2.45) is 5.41 Å². The SMILES string of the molecule is CN(CC(C)(C)C)C(=O)OCCO. The first kappa shape index (κ1) is 12.2. The molecule has 0 aliphatic heterocycles. The minimum absolute atomic E-state index is 0.0625. The molecule has 0 aromatic rings. The van der Waals surface area contributed by atoms with Gasteiger partial charge in [0.15, 0.2) is 0 Å². The van der Waals surface area contributed by atoms with Gasteiger partial charge < -0.3 is 14.7 Å². The van der Waals surface area contributed by atoms with Crippen LogP contribution in [-0.4, -0.2) is 42.9 Å². The van der Waals surface area contributed by atoms with Gasteiger partial charge in [-0.25, -0.2) is 4.79 Å².